The van der Waals surface area contributed by atoms with Crippen LogP contribution in [0.1, 0.15) is 18.8 Å². The second kappa shape index (κ2) is 5.62. The lowest BCUT2D eigenvalue weighted by molar-refractivity contribution is 0.249. The first-order valence-corrected chi connectivity index (χ1v) is 6.64. The fourth-order valence-corrected chi connectivity index (χ4v) is 2.18. The maximum atomic E-state index is 12.1. The number of rotatable bonds is 3. The molecule has 2 amide bonds. The van der Waals surface area contributed by atoms with Gasteiger partial charge in [-0.1, -0.05) is 36.4 Å². The van der Waals surface area contributed by atoms with Crippen LogP contribution >= 0.6 is 0 Å². The molecule has 0 bridgehead atoms. The highest BCUT2D eigenvalue weighted by molar-refractivity contribution is 6.01. The molecule has 0 radical (unpaired) electrons. The Bertz CT molecular complexity index is 748. The monoisotopic (exact) mass is 281 g/mol. The summed E-state index contributed by atoms with van der Waals surface area (Å²) >= 11 is 0. The predicted octanol–water partition coefficient (Wildman–Crippen LogP) is 2.84. The number of fused-ring (bicyclic) bond motifs is 1. The van der Waals surface area contributed by atoms with Crippen LogP contribution < -0.4 is 10.6 Å². The summed E-state index contributed by atoms with van der Waals surface area (Å²) in [6.45, 7) is 1.84. The molecule has 106 valence electrons. The molecule has 6 nitrogen and oxygen atoms in total. The number of hydrogen-bond donors (Lipinski definition) is 3. The molecule has 2 aromatic carbocycles. The predicted molar refractivity (Wildman–Crippen MR) is 80.9 cm³/mol. The molecule has 6 heteroatoms. The third-order valence-corrected chi connectivity index (χ3v) is 3.23. The number of H-pyrrole nitrogens is 1. The van der Waals surface area contributed by atoms with Crippen LogP contribution in [0.15, 0.2) is 48.8 Å². The topological polar surface area (TPSA) is 82.7 Å². The highest BCUT2D eigenvalue weighted by Crippen LogP contribution is 2.22. The van der Waals surface area contributed by atoms with E-state index in [2.05, 4.69) is 25.8 Å². The third kappa shape index (κ3) is 2.84. The standard InChI is InChI=1S/C15H15N5O/c1-10(14-16-9-17-20-14)18-15(21)19-13-8-4-6-11-5-2-3-7-12(11)13/h2-10H,1H3,(H,16,17,20)(H2,18,19,21). The first-order valence-electron chi connectivity index (χ1n) is 6.64. The van der Waals surface area contributed by atoms with E-state index in [4.69, 9.17) is 0 Å². The number of anilines is 1. The van der Waals surface area contributed by atoms with Gasteiger partial charge in [0.15, 0.2) is 0 Å². The summed E-state index contributed by atoms with van der Waals surface area (Å²) in [4.78, 5) is 16.1. The molecule has 3 rings (SSSR count). The van der Waals surface area contributed by atoms with E-state index in [1.807, 2.05) is 49.4 Å². The van der Waals surface area contributed by atoms with E-state index in [0.29, 0.717) is 5.82 Å². The number of carbonyl (C=O) groups is 1. The molecule has 3 N–H and O–H groups in total. The van der Waals surface area contributed by atoms with Crippen LogP contribution in [0.25, 0.3) is 10.8 Å². The SMILES string of the molecule is CC(NC(=O)Nc1cccc2ccccc12)c1ncn[nH]1. The Labute approximate surface area is 121 Å². The van der Waals surface area contributed by atoms with Gasteiger partial charge in [-0.15, -0.1) is 0 Å². The molecule has 1 aromatic heterocycles. The average molecular weight is 281 g/mol. The zero-order valence-electron chi connectivity index (χ0n) is 11.5. The lowest BCUT2D eigenvalue weighted by Crippen LogP contribution is -2.31. The van der Waals surface area contributed by atoms with Crippen LogP contribution in [0.2, 0.25) is 0 Å². The van der Waals surface area contributed by atoms with Crippen molar-refractivity contribution in [3.63, 3.8) is 0 Å². The fraction of sp³-hybridized carbons (Fsp3) is 0.133. The Morgan fingerprint density at radius 2 is 2.00 bits per heavy atom. The number of urea groups is 1. The first kappa shape index (κ1) is 13.1. The number of benzene rings is 2. The molecule has 0 aliphatic heterocycles. The molecule has 0 saturated heterocycles. The maximum Gasteiger partial charge on any atom is 0.319 e. The van der Waals surface area contributed by atoms with Crippen LogP contribution in [0.4, 0.5) is 10.5 Å². The molecule has 0 aliphatic rings. The molecule has 0 aliphatic carbocycles. The van der Waals surface area contributed by atoms with E-state index in [-0.39, 0.29) is 12.1 Å². The van der Waals surface area contributed by atoms with Crippen LogP contribution in [0.3, 0.4) is 0 Å². The second-order valence-electron chi connectivity index (χ2n) is 4.72. The smallest absolute Gasteiger partial charge is 0.319 e. The minimum absolute atomic E-state index is 0.248. The van der Waals surface area contributed by atoms with Crippen molar-refractivity contribution >= 4 is 22.5 Å². The van der Waals surface area contributed by atoms with Crippen molar-refractivity contribution in [1.82, 2.24) is 20.5 Å². The van der Waals surface area contributed by atoms with Crippen molar-refractivity contribution in [3.05, 3.63) is 54.6 Å². The minimum atomic E-state index is -0.282. The number of aromatic nitrogens is 3. The highest BCUT2D eigenvalue weighted by atomic mass is 16.2. The van der Waals surface area contributed by atoms with E-state index >= 15 is 0 Å². The molecular weight excluding hydrogens is 266 g/mol. The van der Waals surface area contributed by atoms with Gasteiger partial charge < -0.3 is 10.6 Å². The summed E-state index contributed by atoms with van der Waals surface area (Å²) in [5.74, 6) is 0.614. The van der Waals surface area contributed by atoms with E-state index in [1.165, 1.54) is 6.33 Å². The molecule has 0 saturated carbocycles. The Balaban J connectivity index is 1.75. The zero-order chi connectivity index (χ0) is 14.7. The normalized spacial score (nSPS) is 12.0. The van der Waals surface area contributed by atoms with Crippen molar-refractivity contribution in [1.29, 1.82) is 0 Å². The van der Waals surface area contributed by atoms with Gasteiger partial charge in [-0.3, -0.25) is 5.10 Å². The van der Waals surface area contributed by atoms with Crippen molar-refractivity contribution < 1.29 is 4.79 Å². The second-order valence-corrected chi connectivity index (χ2v) is 4.72. The molecule has 1 unspecified atom stereocenters. The number of aromatic amines is 1. The summed E-state index contributed by atoms with van der Waals surface area (Å²) in [6.07, 6.45) is 1.41. The van der Waals surface area contributed by atoms with Crippen molar-refractivity contribution in [3.8, 4) is 0 Å². The molecule has 21 heavy (non-hydrogen) atoms. The highest BCUT2D eigenvalue weighted by Gasteiger charge is 2.12. The van der Waals surface area contributed by atoms with Gasteiger partial charge >= 0.3 is 6.03 Å². The molecule has 1 heterocycles. The lowest BCUT2D eigenvalue weighted by atomic mass is 10.1. The lowest BCUT2D eigenvalue weighted by Gasteiger charge is -2.13. The summed E-state index contributed by atoms with van der Waals surface area (Å²) in [5, 5.41) is 14.3. The van der Waals surface area contributed by atoms with E-state index in [9.17, 15) is 4.79 Å². The van der Waals surface area contributed by atoms with Crippen molar-refractivity contribution in [2.24, 2.45) is 0 Å². The van der Waals surface area contributed by atoms with Crippen LogP contribution in [0.5, 0.6) is 0 Å². The Hall–Kier alpha value is -2.89. The van der Waals surface area contributed by atoms with Gasteiger partial charge in [0.25, 0.3) is 0 Å². The third-order valence-electron chi connectivity index (χ3n) is 3.23. The number of amides is 2. The summed E-state index contributed by atoms with van der Waals surface area (Å²) in [5.41, 5.74) is 0.773. The summed E-state index contributed by atoms with van der Waals surface area (Å²) in [7, 11) is 0. The van der Waals surface area contributed by atoms with E-state index in [0.717, 1.165) is 16.5 Å². The average Bonchev–Trinajstić information content (AvgIpc) is 3.02. The number of nitrogens with one attached hydrogen (secondary N) is 3. The quantitative estimate of drug-likeness (QED) is 0.690. The minimum Gasteiger partial charge on any atom is -0.328 e. The van der Waals surface area contributed by atoms with Gasteiger partial charge in [0, 0.05) is 5.39 Å². The zero-order valence-corrected chi connectivity index (χ0v) is 11.5. The number of nitrogens with zero attached hydrogens (tertiary/aromatic N) is 2. The van der Waals surface area contributed by atoms with Crippen LogP contribution in [-0.4, -0.2) is 21.2 Å². The van der Waals surface area contributed by atoms with Crippen molar-refractivity contribution in [2.75, 3.05) is 5.32 Å². The summed E-state index contributed by atoms with van der Waals surface area (Å²) < 4.78 is 0. The largest absolute Gasteiger partial charge is 0.328 e. The van der Waals surface area contributed by atoms with Gasteiger partial charge in [-0.2, -0.15) is 5.10 Å². The molecule has 0 fully saturated rings. The number of carbonyl (C=O) groups excluding carboxylic acids is 1. The van der Waals surface area contributed by atoms with Gasteiger partial charge in [0.05, 0.1) is 11.7 Å². The maximum absolute atomic E-state index is 12.1. The van der Waals surface area contributed by atoms with E-state index in [1.54, 1.807) is 0 Å². The summed E-state index contributed by atoms with van der Waals surface area (Å²) in [6, 6.07) is 13.2. The van der Waals surface area contributed by atoms with Crippen LogP contribution in [-0.2, 0) is 0 Å². The molecule has 3 aromatic rings. The van der Waals surface area contributed by atoms with Crippen molar-refractivity contribution in [2.45, 2.75) is 13.0 Å². The fourth-order valence-electron chi connectivity index (χ4n) is 2.18. The van der Waals surface area contributed by atoms with Gasteiger partial charge in [0.1, 0.15) is 12.2 Å². The molecule has 0 spiro atoms. The Kier molecular flexibility index (Phi) is 3.51. The molecular formula is C15H15N5O. The Morgan fingerprint density at radius 3 is 2.81 bits per heavy atom. The van der Waals surface area contributed by atoms with Gasteiger partial charge in [-0.05, 0) is 18.4 Å². The Morgan fingerprint density at radius 1 is 1.19 bits per heavy atom. The van der Waals surface area contributed by atoms with Crippen LogP contribution in [0, 0.1) is 0 Å². The molecule has 1 atom stereocenters. The van der Waals surface area contributed by atoms with Gasteiger partial charge in [-0.25, -0.2) is 9.78 Å². The van der Waals surface area contributed by atoms with E-state index < -0.39 is 0 Å². The van der Waals surface area contributed by atoms with Gasteiger partial charge in [0.2, 0.25) is 0 Å². The first-order chi connectivity index (χ1) is 10.2. The number of hydrogen-bond acceptors (Lipinski definition) is 3.